The van der Waals surface area contributed by atoms with Crippen molar-refractivity contribution in [1.82, 2.24) is 5.43 Å². The number of rotatable bonds is 5. The number of nitrogens with two attached hydrogens (primary N) is 1. The first-order chi connectivity index (χ1) is 9.49. The number of nitrogens with one attached hydrogen (secondary N) is 1. The smallest absolute Gasteiger partial charge is 0.378 e. The predicted molar refractivity (Wildman–Crippen MR) is 69.9 cm³/mol. The maximum absolute atomic E-state index is 12.5. The van der Waals surface area contributed by atoms with Crippen LogP contribution in [0.1, 0.15) is 30.4 Å². The molecular formula is C14H19F3N2O. The molecule has 0 radical (unpaired) electrons. The van der Waals surface area contributed by atoms with E-state index in [-0.39, 0.29) is 12.1 Å². The van der Waals surface area contributed by atoms with E-state index < -0.39 is 11.7 Å². The molecule has 3 N–H and O–H groups in total. The summed E-state index contributed by atoms with van der Waals surface area (Å²) in [5.74, 6) is 5.51. The summed E-state index contributed by atoms with van der Waals surface area (Å²) in [6.45, 7) is 0.780. The summed E-state index contributed by atoms with van der Waals surface area (Å²) in [6.07, 6.45) is -0.647. The average Bonchev–Trinajstić information content (AvgIpc) is 2.90. The minimum atomic E-state index is -4.29. The van der Waals surface area contributed by atoms with Crippen LogP contribution in [-0.4, -0.2) is 18.8 Å². The second kappa shape index (κ2) is 6.56. The lowest BCUT2D eigenvalue weighted by Crippen LogP contribution is -2.39. The van der Waals surface area contributed by atoms with Gasteiger partial charge in [-0.3, -0.25) is 11.3 Å². The Morgan fingerprint density at radius 1 is 1.30 bits per heavy atom. The normalized spacial score (nSPS) is 21.1. The maximum Gasteiger partial charge on any atom is 0.416 e. The molecule has 0 amide bonds. The second-order valence-corrected chi connectivity index (χ2v) is 5.13. The lowest BCUT2D eigenvalue weighted by molar-refractivity contribution is -0.137. The van der Waals surface area contributed by atoms with Crippen molar-refractivity contribution in [2.75, 3.05) is 6.61 Å². The number of hydrogen-bond donors (Lipinski definition) is 2. The highest BCUT2D eigenvalue weighted by atomic mass is 19.4. The van der Waals surface area contributed by atoms with E-state index in [0.717, 1.165) is 43.6 Å². The van der Waals surface area contributed by atoms with Crippen molar-refractivity contribution in [3.05, 3.63) is 35.4 Å². The van der Waals surface area contributed by atoms with Gasteiger partial charge in [0.2, 0.25) is 0 Å². The van der Waals surface area contributed by atoms with Gasteiger partial charge >= 0.3 is 6.18 Å². The third kappa shape index (κ3) is 4.19. The van der Waals surface area contributed by atoms with Gasteiger partial charge in [0.1, 0.15) is 0 Å². The van der Waals surface area contributed by atoms with Crippen molar-refractivity contribution >= 4 is 0 Å². The first kappa shape index (κ1) is 15.3. The molecule has 0 spiro atoms. The Labute approximate surface area is 116 Å². The highest BCUT2D eigenvalue weighted by Crippen LogP contribution is 2.29. The molecule has 1 heterocycles. The molecule has 1 aliphatic heterocycles. The lowest BCUT2D eigenvalue weighted by atomic mass is 9.99. The molecule has 1 saturated heterocycles. The van der Waals surface area contributed by atoms with Crippen molar-refractivity contribution in [2.45, 2.75) is 44.0 Å². The Morgan fingerprint density at radius 3 is 2.50 bits per heavy atom. The monoisotopic (exact) mass is 288 g/mol. The number of ether oxygens (including phenoxy) is 1. The molecule has 112 valence electrons. The van der Waals surface area contributed by atoms with Crippen molar-refractivity contribution in [3.63, 3.8) is 0 Å². The topological polar surface area (TPSA) is 47.3 Å². The number of benzene rings is 1. The zero-order valence-electron chi connectivity index (χ0n) is 11.1. The molecule has 1 fully saturated rings. The predicted octanol–water partition coefficient (Wildman–Crippen LogP) is 2.65. The maximum atomic E-state index is 12.5. The van der Waals surface area contributed by atoms with E-state index in [9.17, 15) is 13.2 Å². The molecule has 2 atom stereocenters. The molecule has 0 bridgehead atoms. The van der Waals surface area contributed by atoms with Crippen LogP contribution in [0.25, 0.3) is 0 Å². The molecule has 1 aliphatic rings. The Balaban J connectivity index is 1.93. The van der Waals surface area contributed by atoms with Gasteiger partial charge in [-0.05, 0) is 43.4 Å². The fraction of sp³-hybridized carbons (Fsp3) is 0.571. The van der Waals surface area contributed by atoms with E-state index >= 15 is 0 Å². The molecule has 3 nitrogen and oxygen atoms in total. The third-order valence-electron chi connectivity index (χ3n) is 3.57. The number of halogens is 3. The van der Waals surface area contributed by atoms with Crippen LogP contribution < -0.4 is 11.3 Å². The van der Waals surface area contributed by atoms with Gasteiger partial charge in [-0.15, -0.1) is 0 Å². The van der Waals surface area contributed by atoms with E-state index in [1.165, 1.54) is 12.1 Å². The Kier molecular flexibility index (Phi) is 5.01. The highest BCUT2D eigenvalue weighted by Gasteiger charge is 2.30. The standard InChI is InChI=1S/C14H19F3N2O/c15-14(16,17)11-5-3-10(4-6-11)8-12(19-18)9-13-2-1-7-20-13/h3-6,12-13,19H,1-2,7-9,18H2. The first-order valence-electron chi connectivity index (χ1n) is 6.73. The quantitative estimate of drug-likeness (QED) is 0.647. The molecule has 0 aromatic heterocycles. The molecule has 2 rings (SSSR count). The van der Waals surface area contributed by atoms with Crippen LogP contribution in [0.3, 0.4) is 0 Å². The number of hydrazine groups is 1. The van der Waals surface area contributed by atoms with Crippen molar-refractivity contribution in [2.24, 2.45) is 5.84 Å². The minimum absolute atomic E-state index is 0.00911. The summed E-state index contributed by atoms with van der Waals surface area (Å²) in [7, 11) is 0. The number of hydrogen-bond acceptors (Lipinski definition) is 3. The van der Waals surface area contributed by atoms with Crippen molar-refractivity contribution in [1.29, 1.82) is 0 Å². The molecule has 20 heavy (non-hydrogen) atoms. The molecular weight excluding hydrogens is 269 g/mol. The Bertz CT molecular complexity index is 413. The van der Waals surface area contributed by atoms with Crippen LogP contribution in [0.15, 0.2) is 24.3 Å². The van der Waals surface area contributed by atoms with E-state index in [2.05, 4.69) is 5.43 Å². The van der Waals surface area contributed by atoms with Crippen molar-refractivity contribution < 1.29 is 17.9 Å². The summed E-state index contributed by atoms with van der Waals surface area (Å²) in [5, 5.41) is 0. The SMILES string of the molecule is NNC(Cc1ccc(C(F)(F)F)cc1)CC1CCCO1. The Hall–Kier alpha value is -1.11. The van der Waals surface area contributed by atoms with Gasteiger partial charge in [0.15, 0.2) is 0 Å². The second-order valence-electron chi connectivity index (χ2n) is 5.13. The fourth-order valence-electron chi connectivity index (χ4n) is 2.47. The molecule has 2 unspecified atom stereocenters. The van der Waals surface area contributed by atoms with Crippen LogP contribution in [0.4, 0.5) is 13.2 Å². The van der Waals surface area contributed by atoms with Crippen LogP contribution in [0.2, 0.25) is 0 Å². The van der Waals surface area contributed by atoms with Crippen LogP contribution in [-0.2, 0) is 17.3 Å². The molecule has 6 heteroatoms. The van der Waals surface area contributed by atoms with Gasteiger partial charge in [0.05, 0.1) is 11.7 Å². The van der Waals surface area contributed by atoms with E-state index in [0.29, 0.717) is 6.42 Å². The van der Waals surface area contributed by atoms with Gasteiger partial charge in [-0.25, -0.2) is 0 Å². The van der Waals surface area contributed by atoms with Gasteiger partial charge in [0, 0.05) is 12.6 Å². The summed E-state index contributed by atoms with van der Waals surface area (Å²) >= 11 is 0. The minimum Gasteiger partial charge on any atom is -0.378 e. The van der Waals surface area contributed by atoms with Crippen molar-refractivity contribution in [3.8, 4) is 0 Å². The highest BCUT2D eigenvalue weighted by molar-refractivity contribution is 5.25. The lowest BCUT2D eigenvalue weighted by Gasteiger charge is -2.19. The first-order valence-corrected chi connectivity index (χ1v) is 6.73. The van der Waals surface area contributed by atoms with E-state index in [1.54, 1.807) is 0 Å². The van der Waals surface area contributed by atoms with Crippen LogP contribution in [0, 0.1) is 0 Å². The molecule has 1 aromatic rings. The zero-order valence-corrected chi connectivity index (χ0v) is 11.1. The van der Waals surface area contributed by atoms with Gasteiger partial charge in [-0.1, -0.05) is 12.1 Å². The van der Waals surface area contributed by atoms with Gasteiger partial charge in [-0.2, -0.15) is 13.2 Å². The molecule has 0 aliphatic carbocycles. The van der Waals surface area contributed by atoms with Crippen LogP contribution in [0.5, 0.6) is 0 Å². The summed E-state index contributed by atoms with van der Waals surface area (Å²) < 4.78 is 43.0. The summed E-state index contributed by atoms with van der Waals surface area (Å²) in [6, 6.07) is 5.23. The summed E-state index contributed by atoms with van der Waals surface area (Å²) in [5.41, 5.74) is 2.93. The van der Waals surface area contributed by atoms with Gasteiger partial charge in [0.25, 0.3) is 0 Å². The zero-order chi connectivity index (χ0) is 14.6. The fourth-order valence-corrected chi connectivity index (χ4v) is 2.47. The Morgan fingerprint density at radius 2 is 2.00 bits per heavy atom. The van der Waals surface area contributed by atoms with E-state index in [4.69, 9.17) is 10.6 Å². The molecule has 0 saturated carbocycles. The molecule has 1 aromatic carbocycles. The largest absolute Gasteiger partial charge is 0.416 e. The van der Waals surface area contributed by atoms with E-state index in [1.807, 2.05) is 0 Å². The number of alkyl halides is 3. The third-order valence-corrected chi connectivity index (χ3v) is 3.57. The van der Waals surface area contributed by atoms with Gasteiger partial charge < -0.3 is 4.74 Å². The summed E-state index contributed by atoms with van der Waals surface area (Å²) in [4.78, 5) is 0. The average molecular weight is 288 g/mol. The van der Waals surface area contributed by atoms with Crippen LogP contribution >= 0.6 is 0 Å².